The lowest BCUT2D eigenvalue weighted by molar-refractivity contribution is 0.0316. The predicted molar refractivity (Wildman–Crippen MR) is 102 cm³/mol. The molecule has 11 nitrogen and oxygen atoms in total. The SMILES string of the molecule is Nc1nc(-c2ccn[nH]2)c2nnn(Cc3ccc(COC4CCOC4)cn3)c2n1. The van der Waals surface area contributed by atoms with E-state index in [9.17, 15) is 0 Å². The van der Waals surface area contributed by atoms with Crippen LogP contribution >= 0.6 is 0 Å². The molecule has 5 heterocycles. The van der Waals surface area contributed by atoms with Crippen LogP contribution in [0.2, 0.25) is 0 Å². The first-order chi connectivity index (χ1) is 14.3. The number of ether oxygens (including phenoxy) is 2. The van der Waals surface area contributed by atoms with Crippen molar-refractivity contribution in [3.8, 4) is 11.4 Å². The Hall–Kier alpha value is -3.44. The summed E-state index contributed by atoms with van der Waals surface area (Å²) in [5.41, 5.74) is 10.1. The topological polar surface area (TPSA) is 143 Å². The van der Waals surface area contributed by atoms with Gasteiger partial charge in [-0.3, -0.25) is 10.1 Å². The number of nitrogens with zero attached hydrogens (tertiary/aromatic N) is 7. The second-order valence-electron chi connectivity index (χ2n) is 6.77. The zero-order valence-corrected chi connectivity index (χ0v) is 15.5. The minimum atomic E-state index is 0.141. The van der Waals surface area contributed by atoms with Gasteiger partial charge in [0, 0.05) is 19.0 Å². The zero-order chi connectivity index (χ0) is 19.6. The van der Waals surface area contributed by atoms with E-state index in [4.69, 9.17) is 15.2 Å². The molecule has 0 aromatic carbocycles. The molecule has 4 aromatic rings. The Bertz CT molecular complexity index is 1100. The fourth-order valence-electron chi connectivity index (χ4n) is 3.20. The van der Waals surface area contributed by atoms with Gasteiger partial charge in [-0.05, 0) is 24.1 Å². The Labute approximate surface area is 165 Å². The molecule has 0 radical (unpaired) electrons. The summed E-state index contributed by atoms with van der Waals surface area (Å²) < 4.78 is 12.8. The molecule has 29 heavy (non-hydrogen) atoms. The molecule has 1 atom stereocenters. The highest BCUT2D eigenvalue weighted by Crippen LogP contribution is 2.23. The van der Waals surface area contributed by atoms with E-state index in [-0.39, 0.29) is 12.1 Å². The monoisotopic (exact) mass is 393 g/mol. The average molecular weight is 393 g/mol. The number of nitrogens with one attached hydrogen (secondary N) is 1. The van der Waals surface area contributed by atoms with Crippen LogP contribution in [0.4, 0.5) is 5.95 Å². The normalized spacial score (nSPS) is 16.6. The van der Waals surface area contributed by atoms with E-state index < -0.39 is 0 Å². The number of fused-ring (bicyclic) bond motifs is 1. The first-order valence-electron chi connectivity index (χ1n) is 9.26. The average Bonchev–Trinajstić information content (AvgIpc) is 3.50. The summed E-state index contributed by atoms with van der Waals surface area (Å²) in [7, 11) is 0. The van der Waals surface area contributed by atoms with Crippen molar-refractivity contribution < 1.29 is 9.47 Å². The maximum absolute atomic E-state index is 5.89. The molecule has 5 rings (SSSR count). The number of aromatic amines is 1. The molecule has 4 aromatic heterocycles. The summed E-state index contributed by atoms with van der Waals surface area (Å²) >= 11 is 0. The van der Waals surface area contributed by atoms with Gasteiger partial charge in [0.25, 0.3) is 0 Å². The molecule has 1 unspecified atom stereocenters. The van der Waals surface area contributed by atoms with Crippen LogP contribution in [0.3, 0.4) is 0 Å². The Balaban J connectivity index is 1.35. The fourth-order valence-corrected chi connectivity index (χ4v) is 3.20. The van der Waals surface area contributed by atoms with Crippen molar-refractivity contribution in [1.82, 2.24) is 40.1 Å². The molecule has 0 spiro atoms. The van der Waals surface area contributed by atoms with Gasteiger partial charge in [0.15, 0.2) is 11.2 Å². The summed E-state index contributed by atoms with van der Waals surface area (Å²) in [6.45, 7) is 2.36. The molecule has 0 saturated carbocycles. The number of hydrogen-bond acceptors (Lipinski definition) is 9. The summed E-state index contributed by atoms with van der Waals surface area (Å²) in [5, 5.41) is 15.3. The van der Waals surface area contributed by atoms with Gasteiger partial charge in [-0.15, -0.1) is 5.10 Å². The second-order valence-corrected chi connectivity index (χ2v) is 6.77. The lowest BCUT2D eigenvalue weighted by atomic mass is 10.2. The smallest absolute Gasteiger partial charge is 0.222 e. The molecule has 148 valence electrons. The van der Waals surface area contributed by atoms with E-state index in [1.807, 2.05) is 18.3 Å². The van der Waals surface area contributed by atoms with Crippen molar-refractivity contribution in [1.29, 1.82) is 0 Å². The number of anilines is 1. The number of nitrogen functional groups attached to an aromatic ring is 1. The standard InChI is InChI=1S/C18H19N9O2/c19-18-22-15(14-3-5-21-24-14)16-17(23-18)27(26-25-16)8-12-2-1-11(7-20-12)9-29-13-4-6-28-10-13/h1-3,5,7,13H,4,6,8-10H2,(H,21,24)(H2,19,22,23). The van der Waals surface area contributed by atoms with Gasteiger partial charge in [-0.1, -0.05) is 11.3 Å². The third-order valence-corrected chi connectivity index (χ3v) is 4.71. The van der Waals surface area contributed by atoms with Crippen LogP contribution in [0.15, 0.2) is 30.6 Å². The molecule has 1 aliphatic rings. The van der Waals surface area contributed by atoms with E-state index >= 15 is 0 Å². The molecule has 0 aliphatic carbocycles. The van der Waals surface area contributed by atoms with Gasteiger partial charge < -0.3 is 15.2 Å². The Kier molecular flexibility index (Phi) is 4.58. The van der Waals surface area contributed by atoms with Crippen LogP contribution in [0.1, 0.15) is 17.7 Å². The molecule has 1 saturated heterocycles. The number of pyridine rings is 1. The van der Waals surface area contributed by atoms with Crippen LogP contribution in [-0.4, -0.2) is 59.5 Å². The molecule has 3 N–H and O–H groups in total. The van der Waals surface area contributed by atoms with Gasteiger partial charge in [-0.2, -0.15) is 10.1 Å². The minimum Gasteiger partial charge on any atom is -0.379 e. The number of aromatic nitrogens is 8. The van der Waals surface area contributed by atoms with Crippen molar-refractivity contribution in [2.45, 2.75) is 25.7 Å². The summed E-state index contributed by atoms with van der Waals surface area (Å²) in [5.74, 6) is 0.141. The molecule has 1 aliphatic heterocycles. The van der Waals surface area contributed by atoms with Crippen molar-refractivity contribution in [3.63, 3.8) is 0 Å². The first-order valence-corrected chi connectivity index (χ1v) is 9.26. The van der Waals surface area contributed by atoms with Crippen LogP contribution in [0.5, 0.6) is 0 Å². The van der Waals surface area contributed by atoms with Crippen LogP contribution in [-0.2, 0) is 22.6 Å². The maximum atomic E-state index is 5.89. The van der Waals surface area contributed by atoms with Crippen molar-refractivity contribution >= 4 is 17.1 Å². The van der Waals surface area contributed by atoms with Gasteiger partial charge in [0.05, 0.1) is 37.3 Å². The highest BCUT2D eigenvalue weighted by molar-refractivity contribution is 5.86. The van der Waals surface area contributed by atoms with Crippen LogP contribution in [0.25, 0.3) is 22.6 Å². The zero-order valence-electron chi connectivity index (χ0n) is 15.5. The van der Waals surface area contributed by atoms with Crippen LogP contribution < -0.4 is 5.73 Å². The number of hydrogen-bond donors (Lipinski definition) is 2. The predicted octanol–water partition coefficient (Wildman–Crippen LogP) is 0.942. The molecular weight excluding hydrogens is 374 g/mol. The molecule has 11 heteroatoms. The third-order valence-electron chi connectivity index (χ3n) is 4.71. The van der Waals surface area contributed by atoms with Crippen molar-refractivity contribution in [3.05, 3.63) is 41.9 Å². The molecule has 0 bridgehead atoms. The van der Waals surface area contributed by atoms with E-state index in [0.717, 1.165) is 24.3 Å². The Morgan fingerprint density at radius 3 is 3.00 bits per heavy atom. The Morgan fingerprint density at radius 2 is 2.24 bits per heavy atom. The highest BCUT2D eigenvalue weighted by Gasteiger charge is 2.17. The summed E-state index contributed by atoms with van der Waals surface area (Å²) in [4.78, 5) is 13.1. The molecule has 1 fully saturated rings. The largest absolute Gasteiger partial charge is 0.379 e. The second kappa shape index (κ2) is 7.53. The fraction of sp³-hybridized carbons (Fsp3) is 0.333. The summed E-state index contributed by atoms with van der Waals surface area (Å²) in [6, 6.07) is 5.73. The van der Waals surface area contributed by atoms with E-state index in [2.05, 4.69) is 35.5 Å². The molecule has 0 amide bonds. The van der Waals surface area contributed by atoms with E-state index in [0.29, 0.717) is 42.3 Å². The number of rotatable bonds is 6. The van der Waals surface area contributed by atoms with Gasteiger partial charge in [-0.25, -0.2) is 9.67 Å². The third kappa shape index (κ3) is 3.65. The number of nitrogens with two attached hydrogens (primary N) is 1. The lowest BCUT2D eigenvalue weighted by Crippen LogP contribution is -2.12. The highest BCUT2D eigenvalue weighted by atomic mass is 16.5. The van der Waals surface area contributed by atoms with Gasteiger partial charge >= 0.3 is 0 Å². The maximum Gasteiger partial charge on any atom is 0.222 e. The summed E-state index contributed by atoms with van der Waals surface area (Å²) in [6.07, 6.45) is 4.56. The first kappa shape index (κ1) is 17.6. The quantitative estimate of drug-likeness (QED) is 0.489. The number of H-pyrrole nitrogens is 1. The van der Waals surface area contributed by atoms with Crippen molar-refractivity contribution in [2.24, 2.45) is 0 Å². The van der Waals surface area contributed by atoms with E-state index in [1.165, 1.54) is 0 Å². The Morgan fingerprint density at radius 1 is 1.28 bits per heavy atom. The van der Waals surface area contributed by atoms with Gasteiger partial charge in [0.1, 0.15) is 5.69 Å². The lowest BCUT2D eigenvalue weighted by Gasteiger charge is -2.10. The minimum absolute atomic E-state index is 0.141. The van der Waals surface area contributed by atoms with E-state index in [1.54, 1.807) is 16.9 Å². The van der Waals surface area contributed by atoms with Crippen molar-refractivity contribution in [2.75, 3.05) is 18.9 Å². The van der Waals surface area contributed by atoms with Gasteiger partial charge in [0.2, 0.25) is 5.95 Å². The van der Waals surface area contributed by atoms with Crippen LogP contribution in [0, 0.1) is 0 Å². The molecular formula is C18H19N9O2.